The minimum atomic E-state index is -0.313. The van der Waals surface area contributed by atoms with Crippen molar-refractivity contribution in [2.24, 2.45) is 5.92 Å². The van der Waals surface area contributed by atoms with Gasteiger partial charge in [-0.2, -0.15) is 0 Å². The van der Waals surface area contributed by atoms with Crippen LogP contribution < -0.4 is 4.90 Å². The van der Waals surface area contributed by atoms with Crippen LogP contribution in [-0.2, 0) is 22.6 Å². The van der Waals surface area contributed by atoms with Crippen molar-refractivity contribution in [1.82, 2.24) is 9.80 Å². The van der Waals surface area contributed by atoms with Crippen LogP contribution in [0.2, 0.25) is 0 Å². The third-order valence-electron chi connectivity index (χ3n) is 7.85. The van der Waals surface area contributed by atoms with E-state index in [2.05, 4.69) is 18.7 Å². The maximum Gasteiger partial charge on any atom is 0.227 e. The molecule has 3 aromatic carbocycles. The molecule has 1 saturated heterocycles. The molecule has 5 nitrogen and oxygen atoms in total. The highest BCUT2D eigenvalue weighted by atomic mass is 19.1. The van der Waals surface area contributed by atoms with Crippen molar-refractivity contribution >= 4 is 17.4 Å². The van der Waals surface area contributed by atoms with Gasteiger partial charge in [-0.15, -0.1) is 0 Å². The maximum absolute atomic E-state index is 15.2. The Bertz CT molecular complexity index is 1220. The zero-order valence-electron chi connectivity index (χ0n) is 23.4. The Hall–Kier alpha value is -3.51. The zero-order valence-corrected chi connectivity index (χ0v) is 23.4. The molecule has 0 radical (unpaired) electrons. The van der Waals surface area contributed by atoms with Crippen molar-refractivity contribution < 1.29 is 14.0 Å². The summed E-state index contributed by atoms with van der Waals surface area (Å²) in [7, 11) is 1.77. The molecule has 0 spiro atoms. The number of piperazine rings is 1. The van der Waals surface area contributed by atoms with Crippen molar-refractivity contribution in [1.29, 1.82) is 0 Å². The molecule has 1 unspecified atom stereocenters. The van der Waals surface area contributed by atoms with Gasteiger partial charge in [0, 0.05) is 45.7 Å². The minimum absolute atomic E-state index is 0.0349. The van der Waals surface area contributed by atoms with Crippen LogP contribution >= 0.6 is 0 Å². The fourth-order valence-electron chi connectivity index (χ4n) is 5.50. The van der Waals surface area contributed by atoms with Crippen LogP contribution in [0.1, 0.15) is 49.4 Å². The van der Waals surface area contributed by atoms with Gasteiger partial charge in [-0.25, -0.2) is 4.39 Å². The molecule has 1 atom stereocenters. The van der Waals surface area contributed by atoms with E-state index in [9.17, 15) is 9.59 Å². The molecule has 0 N–H and O–H groups in total. The van der Waals surface area contributed by atoms with E-state index in [-0.39, 0.29) is 35.9 Å². The van der Waals surface area contributed by atoms with Gasteiger partial charge < -0.3 is 9.80 Å². The summed E-state index contributed by atoms with van der Waals surface area (Å²) in [4.78, 5) is 32.2. The summed E-state index contributed by atoms with van der Waals surface area (Å²) in [5.74, 6) is -0.0503. The van der Waals surface area contributed by atoms with Crippen molar-refractivity contribution in [3.8, 4) is 0 Å². The Morgan fingerprint density at radius 3 is 2.05 bits per heavy atom. The van der Waals surface area contributed by atoms with Crippen LogP contribution in [0.25, 0.3) is 0 Å². The third-order valence-corrected chi connectivity index (χ3v) is 7.85. The number of rotatable bonds is 11. The summed E-state index contributed by atoms with van der Waals surface area (Å²) < 4.78 is 15.2. The minimum Gasteiger partial charge on any atom is -0.367 e. The maximum atomic E-state index is 15.2. The summed E-state index contributed by atoms with van der Waals surface area (Å²) in [5, 5.41) is 0. The van der Waals surface area contributed by atoms with E-state index < -0.39 is 0 Å². The second kappa shape index (κ2) is 13.5. The Labute approximate surface area is 232 Å². The number of ketones is 1. The molecule has 1 heterocycles. The monoisotopic (exact) mass is 529 g/mol. The fraction of sp³-hybridized carbons (Fsp3) is 0.394. The van der Waals surface area contributed by atoms with E-state index in [0.29, 0.717) is 44.0 Å². The molecule has 1 aliphatic heterocycles. The van der Waals surface area contributed by atoms with Crippen molar-refractivity contribution in [3.05, 3.63) is 101 Å². The lowest BCUT2D eigenvalue weighted by molar-refractivity contribution is -0.130. The molecule has 1 amide bonds. The smallest absolute Gasteiger partial charge is 0.227 e. The second-order valence-corrected chi connectivity index (χ2v) is 10.4. The molecule has 206 valence electrons. The van der Waals surface area contributed by atoms with E-state index in [4.69, 9.17) is 0 Å². The average molecular weight is 530 g/mol. The van der Waals surface area contributed by atoms with Gasteiger partial charge in [-0.1, -0.05) is 80.6 Å². The highest BCUT2D eigenvalue weighted by molar-refractivity contribution is 5.87. The number of nitrogens with zero attached hydrogens (tertiary/aromatic N) is 3. The van der Waals surface area contributed by atoms with Crippen molar-refractivity contribution in [3.63, 3.8) is 0 Å². The van der Waals surface area contributed by atoms with E-state index in [1.165, 1.54) is 6.07 Å². The molecule has 0 saturated carbocycles. The average Bonchev–Trinajstić information content (AvgIpc) is 2.95. The Balaban J connectivity index is 1.39. The standard InChI is InChI=1S/C33H40FN3O2/c1-4-27(5-2)33(39)32(28-14-10-7-11-15-28)37-20-18-36(19-21-37)30-17-16-26(22-29(30)34)23-31(38)35(3)24-25-12-8-6-9-13-25/h6-17,22,27,32H,4-5,18-21,23-24H2,1-3H3. The lowest BCUT2D eigenvalue weighted by Gasteiger charge is -2.40. The van der Waals surface area contributed by atoms with Gasteiger partial charge in [-0.05, 0) is 41.7 Å². The van der Waals surface area contributed by atoms with Crippen LogP contribution in [-0.4, -0.2) is 54.7 Å². The van der Waals surface area contributed by atoms with Gasteiger partial charge in [0.15, 0.2) is 5.78 Å². The number of carbonyl (C=O) groups excluding carboxylic acids is 2. The molecular formula is C33H40FN3O2. The molecule has 0 aromatic heterocycles. The van der Waals surface area contributed by atoms with Crippen LogP contribution in [0.4, 0.5) is 10.1 Å². The van der Waals surface area contributed by atoms with Crippen LogP contribution in [0, 0.1) is 11.7 Å². The topological polar surface area (TPSA) is 43.9 Å². The molecule has 1 fully saturated rings. The van der Waals surface area contributed by atoms with Gasteiger partial charge in [0.1, 0.15) is 5.82 Å². The number of halogens is 1. The Morgan fingerprint density at radius 1 is 0.846 bits per heavy atom. The third kappa shape index (κ3) is 7.12. The highest BCUT2D eigenvalue weighted by Gasteiger charge is 2.33. The molecule has 4 rings (SSSR count). The first-order valence-electron chi connectivity index (χ1n) is 14.0. The molecular weight excluding hydrogens is 489 g/mol. The number of hydrogen-bond acceptors (Lipinski definition) is 4. The number of hydrogen-bond donors (Lipinski definition) is 0. The summed E-state index contributed by atoms with van der Waals surface area (Å²) in [5.41, 5.74) is 3.30. The number of benzene rings is 3. The van der Waals surface area contributed by atoms with E-state index in [1.54, 1.807) is 18.0 Å². The molecule has 1 aliphatic rings. The van der Waals surface area contributed by atoms with Crippen LogP contribution in [0.5, 0.6) is 0 Å². The molecule has 0 aliphatic carbocycles. The summed E-state index contributed by atoms with van der Waals surface area (Å²) in [6, 6.07) is 24.7. The molecule has 6 heteroatoms. The number of amides is 1. The van der Waals surface area contributed by atoms with E-state index >= 15 is 4.39 Å². The number of anilines is 1. The predicted octanol–water partition coefficient (Wildman–Crippen LogP) is 5.90. The number of likely N-dealkylation sites (N-methyl/N-ethyl adjacent to an activating group) is 1. The second-order valence-electron chi connectivity index (χ2n) is 10.4. The summed E-state index contributed by atoms with van der Waals surface area (Å²) in [6.45, 7) is 7.29. The summed E-state index contributed by atoms with van der Waals surface area (Å²) in [6.07, 6.45) is 1.83. The van der Waals surface area contributed by atoms with Crippen LogP contribution in [0.15, 0.2) is 78.9 Å². The van der Waals surface area contributed by atoms with Gasteiger partial charge in [-0.3, -0.25) is 14.5 Å². The summed E-state index contributed by atoms with van der Waals surface area (Å²) >= 11 is 0. The van der Waals surface area contributed by atoms with Crippen LogP contribution in [0.3, 0.4) is 0 Å². The van der Waals surface area contributed by atoms with Gasteiger partial charge in [0.2, 0.25) is 5.91 Å². The number of carbonyl (C=O) groups is 2. The lowest BCUT2D eigenvalue weighted by atomic mass is 9.88. The highest BCUT2D eigenvalue weighted by Crippen LogP contribution is 2.30. The molecule has 39 heavy (non-hydrogen) atoms. The van der Waals surface area contributed by atoms with Crippen molar-refractivity contribution in [2.45, 2.75) is 45.7 Å². The Morgan fingerprint density at radius 2 is 1.46 bits per heavy atom. The van der Waals surface area contributed by atoms with E-state index in [1.807, 2.05) is 71.6 Å². The van der Waals surface area contributed by atoms with Gasteiger partial charge >= 0.3 is 0 Å². The zero-order chi connectivity index (χ0) is 27.8. The molecule has 0 bridgehead atoms. The first kappa shape index (κ1) is 28.5. The van der Waals surface area contributed by atoms with Gasteiger partial charge in [0.25, 0.3) is 0 Å². The lowest BCUT2D eigenvalue weighted by Crippen LogP contribution is -2.50. The van der Waals surface area contributed by atoms with E-state index in [0.717, 1.165) is 24.0 Å². The van der Waals surface area contributed by atoms with Crippen molar-refractivity contribution in [2.75, 3.05) is 38.1 Å². The largest absolute Gasteiger partial charge is 0.367 e. The quantitative estimate of drug-likeness (QED) is 0.310. The molecule has 3 aromatic rings. The Kier molecular flexibility index (Phi) is 9.88. The van der Waals surface area contributed by atoms with Gasteiger partial charge in [0.05, 0.1) is 18.2 Å². The first-order valence-corrected chi connectivity index (χ1v) is 14.0. The SMILES string of the molecule is CCC(CC)C(=O)C(c1ccccc1)N1CCN(c2ccc(CC(=O)N(C)Cc3ccccc3)cc2F)CC1. The normalized spacial score (nSPS) is 14.8. The fourth-order valence-corrected chi connectivity index (χ4v) is 5.50. The number of Topliss-reactive ketones (excluding diaryl/α,β-unsaturated/α-hetero) is 1. The predicted molar refractivity (Wildman–Crippen MR) is 155 cm³/mol. The first-order chi connectivity index (χ1) is 18.9.